The van der Waals surface area contributed by atoms with Gasteiger partial charge in [0.1, 0.15) is 5.82 Å². The Bertz CT molecular complexity index is 1110. The molecule has 1 N–H and O–H groups in total. The van der Waals surface area contributed by atoms with Crippen molar-refractivity contribution < 1.29 is 22.4 Å². The highest BCUT2D eigenvalue weighted by Crippen LogP contribution is 2.30. The lowest BCUT2D eigenvalue weighted by atomic mass is 10.1. The molecule has 2 fully saturated rings. The maximum absolute atomic E-state index is 13.4. The smallest absolute Gasteiger partial charge is 0.253 e. The molecule has 1 aliphatic carbocycles. The molecule has 1 saturated heterocycles. The van der Waals surface area contributed by atoms with E-state index in [2.05, 4.69) is 5.32 Å². The van der Waals surface area contributed by atoms with E-state index >= 15 is 0 Å². The Balaban J connectivity index is 1.37. The van der Waals surface area contributed by atoms with Crippen LogP contribution in [0, 0.1) is 11.7 Å². The van der Waals surface area contributed by atoms with Crippen molar-refractivity contribution in [1.29, 1.82) is 0 Å². The number of amides is 2. The molecule has 1 heterocycles. The Labute approximate surface area is 184 Å². The highest BCUT2D eigenvalue weighted by Gasteiger charge is 2.31. The van der Waals surface area contributed by atoms with Crippen LogP contribution in [0.2, 0.25) is 5.02 Å². The van der Waals surface area contributed by atoms with Crippen LogP contribution in [0.1, 0.15) is 23.2 Å². The first-order valence-corrected chi connectivity index (χ1v) is 11.7. The monoisotopic (exact) mass is 465 g/mol. The first-order valence-electron chi connectivity index (χ1n) is 9.91. The number of benzene rings is 2. The Hall–Kier alpha value is -2.49. The Morgan fingerprint density at radius 3 is 2.23 bits per heavy atom. The van der Waals surface area contributed by atoms with Gasteiger partial charge < -0.3 is 10.2 Å². The molecule has 0 bridgehead atoms. The summed E-state index contributed by atoms with van der Waals surface area (Å²) in [7, 11) is -3.83. The maximum atomic E-state index is 13.4. The van der Waals surface area contributed by atoms with Crippen molar-refractivity contribution in [3.8, 4) is 0 Å². The molecular formula is C21H21ClFN3O4S. The number of hydrogen-bond acceptors (Lipinski definition) is 4. The lowest BCUT2D eigenvalue weighted by Gasteiger charge is -2.34. The molecule has 1 saturated carbocycles. The van der Waals surface area contributed by atoms with Crippen molar-refractivity contribution in [2.24, 2.45) is 5.92 Å². The van der Waals surface area contributed by atoms with Crippen LogP contribution < -0.4 is 5.32 Å². The molecule has 0 atom stereocenters. The van der Waals surface area contributed by atoms with Crippen LogP contribution in [-0.4, -0.2) is 55.6 Å². The normalized spacial score (nSPS) is 17.4. The van der Waals surface area contributed by atoms with E-state index in [-0.39, 0.29) is 53.8 Å². The molecule has 0 aromatic heterocycles. The predicted molar refractivity (Wildman–Crippen MR) is 114 cm³/mol. The van der Waals surface area contributed by atoms with Crippen LogP contribution in [0.4, 0.5) is 10.1 Å². The number of carbonyl (C=O) groups excluding carboxylic acids is 2. The van der Waals surface area contributed by atoms with E-state index in [9.17, 15) is 22.4 Å². The average molecular weight is 466 g/mol. The summed E-state index contributed by atoms with van der Waals surface area (Å²) in [6.07, 6.45) is 1.83. The van der Waals surface area contributed by atoms with Gasteiger partial charge in [-0.15, -0.1) is 0 Å². The van der Waals surface area contributed by atoms with Gasteiger partial charge in [0.15, 0.2) is 0 Å². The van der Waals surface area contributed by atoms with Gasteiger partial charge in [-0.3, -0.25) is 9.59 Å². The van der Waals surface area contributed by atoms with Crippen LogP contribution in [0.5, 0.6) is 0 Å². The molecule has 1 aliphatic heterocycles. The van der Waals surface area contributed by atoms with E-state index in [1.54, 1.807) is 29.2 Å². The SMILES string of the molecule is O=C(Nc1ccc(C(=O)N2CCN(S(=O)(=O)c3ccc(F)c(Cl)c3)CC2)cc1)C1CC1. The highest BCUT2D eigenvalue weighted by molar-refractivity contribution is 7.89. The summed E-state index contributed by atoms with van der Waals surface area (Å²) in [5.41, 5.74) is 1.10. The molecule has 164 valence electrons. The Morgan fingerprint density at radius 2 is 1.65 bits per heavy atom. The van der Waals surface area contributed by atoms with Crippen molar-refractivity contribution in [3.63, 3.8) is 0 Å². The molecule has 0 radical (unpaired) electrons. The molecule has 4 rings (SSSR count). The molecular weight excluding hydrogens is 445 g/mol. The van der Waals surface area contributed by atoms with E-state index < -0.39 is 15.8 Å². The van der Waals surface area contributed by atoms with Gasteiger partial charge in [0.2, 0.25) is 15.9 Å². The number of halogens is 2. The standard InChI is InChI=1S/C21H21ClFN3O4S/c22-18-13-17(7-8-19(18)23)31(29,30)26-11-9-25(10-12-26)21(28)15-3-5-16(6-4-15)24-20(27)14-1-2-14/h3-8,13-14H,1-2,9-12H2,(H,24,27). The molecule has 2 aromatic rings. The van der Waals surface area contributed by atoms with Crippen LogP contribution in [0.25, 0.3) is 0 Å². The zero-order chi connectivity index (χ0) is 22.2. The number of sulfonamides is 1. The zero-order valence-electron chi connectivity index (χ0n) is 16.6. The first-order chi connectivity index (χ1) is 14.8. The summed E-state index contributed by atoms with van der Waals surface area (Å²) in [5, 5.41) is 2.57. The third kappa shape index (κ3) is 4.73. The van der Waals surface area contributed by atoms with Crippen LogP contribution in [0.3, 0.4) is 0 Å². The lowest BCUT2D eigenvalue weighted by Crippen LogP contribution is -2.50. The Morgan fingerprint density at radius 1 is 1.00 bits per heavy atom. The molecule has 0 spiro atoms. The first kappa shape index (κ1) is 21.7. The summed E-state index contributed by atoms with van der Waals surface area (Å²) >= 11 is 5.71. The van der Waals surface area contributed by atoms with Crippen LogP contribution in [0.15, 0.2) is 47.4 Å². The minimum absolute atomic E-state index is 0.00107. The summed E-state index contributed by atoms with van der Waals surface area (Å²) in [6, 6.07) is 9.96. The molecule has 31 heavy (non-hydrogen) atoms. The summed E-state index contributed by atoms with van der Waals surface area (Å²) in [6.45, 7) is 0.706. The predicted octanol–water partition coefficient (Wildman–Crippen LogP) is 2.97. The number of rotatable bonds is 5. The largest absolute Gasteiger partial charge is 0.336 e. The van der Waals surface area contributed by atoms with Crippen LogP contribution in [-0.2, 0) is 14.8 Å². The van der Waals surface area contributed by atoms with E-state index in [1.165, 1.54) is 10.4 Å². The number of anilines is 1. The number of hydrogen-bond donors (Lipinski definition) is 1. The summed E-state index contributed by atoms with van der Waals surface area (Å²) in [4.78, 5) is 26.1. The third-order valence-corrected chi connectivity index (χ3v) is 7.59. The van der Waals surface area contributed by atoms with Crippen molar-refractivity contribution in [3.05, 3.63) is 58.9 Å². The number of piperazine rings is 1. The zero-order valence-corrected chi connectivity index (χ0v) is 18.1. The summed E-state index contributed by atoms with van der Waals surface area (Å²) < 4.78 is 40.2. The van der Waals surface area contributed by atoms with Crippen molar-refractivity contribution in [2.75, 3.05) is 31.5 Å². The van der Waals surface area contributed by atoms with E-state index in [0.29, 0.717) is 11.3 Å². The molecule has 2 aromatic carbocycles. The molecule has 7 nitrogen and oxygen atoms in total. The number of nitrogens with one attached hydrogen (secondary N) is 1. The highest BCUT2D eigenvalue weighted by atomic mass is 35.5. The van der Waals surface area contributed by atoms with Gasteiger partial charge in [-0.1, -0.05) is 11.6 Å². The van der Waals surface area contributed by atoms with Crippen molar-refractivity contribution in [2.45, 2.75) is 17.7 Å². The van der Waals surface area contributed by atoms with Gasteiger partial charge >= 0.3 is 0 Å². The van der Waals surface area contributed by atoms with Gasteiger partial charge in [0, 0.05) is 43.3 Å². The number of nitrogens with zero attached hydrogens (tertiary/aromatic N) is 2. The fraction of sp³-hybridized carbons (Fsp3) is 0.333. The number of carbonyl (C=O) groups is 2. The van der Waals surface area contributed by atoms with Crippen molar-refractivity contribution >= 4 is 39.1 Å². The van der Waals surface area contributed by atoms with Gasteiger partial charge in [-0.05, 0) is 55.3 Å². The minimum Gasteiger partial charge on any atom is -0.336 e. The fourth-order valence-corrected chi connectivity index (χ4v) is 5.08. The molecule has 10 heteroatoms. The second kappa shape index (κ2) is 8.57. The van der Waals surface area contributed by atoms with Gasteiger partial charge in [-0.2, -0.15) is 4.31 Å². The van der Waals surface area contributed by atoms with Crippen LogP contribution >= 0.6 is 11.6 Å². The molecule has 2 aliphatic rings. The fourth-order valence-electron chi connectivity index (χ4n) is 3.39. The second-order valence-corrected chi connectivity index (χ2v) is 9.96. The van der Waals surface area contributed by atoms with Gasteiger partial charge in [-0.25, -0.2) is 12.8 Å². The maximum Gasteiger partial charge on any atom is 0.253 e. The van der Waals surface area contributed by atoms with E-state index in [4.69, 9.17) is 11.6 Å². The minimum atomic E-state index is -3.83. The van der Waals surface area contributed by atoms with Gasteiger partial charge in [0.25, 0.3) is 5.91 Å². The molecule has 2 amide bonds. The van der Waals surface area contributed by atoms with E-state index in [0.717, 1.165) is 25.0 Å². The summed E-state index contributed by atoms with van der Waals surface area (Å²) in [5.74, 6) is -0.797. The average Bonchev–Trinajstić information content (AvgIpc) is 3.61. The third-order valence-electron chi connectivity index (χ3n) is 5.40. The Kier molecular flexibility index (Phi) is 6.00. The molecule has 0 unspecified atom stereocenters. The second-order valence-electron chi connectivity index (χ2n) is 7.61. The van der Waals surface area contributed by atoms with Crippen molar-refractivity contribution in [1.82, 2.24) is 9.21 Å². The quantitative estimate of drug-likeness (QED) is 0.735. The lowest BCUT2D eigenvalue weighted by molar-refractivity contribution is -0.117. The van der Waals surface area contributed by atoms with E-state index in [1.807, 2.05) is 0 Å². The topological polar surface area (TPSA) is 86.8 Å². The van der Waals surface area contributed by atoms with Gasteiger partial charge in [0.05, 0.1) is 9.92 Å².